The van der Waals surface area contributed by atoms with Gasteiger partial charge in [-0.25, -0.2) is 9.59 Å². The maximum Gasteiger partial charge on any atom is 0.407 e. The van der Waals surface area contributed by atoms with E-state index in [2.05, 4.69) is 47.5 Å². The Labute approximate surface area is 455 Å². The molecule has 8 amide bonds. The Hall–Kier alpha value is -8.24. The minimum Gasteiger partial charge on any atom is -0.508 e. The van der Waals surface area contributed by atoms with Crippen LogP contribution in [0.4, 0.5) is 9.59 Å². The third-order valence-electron chi connectivity index (χ3n) is 11.9. The van der Waals surface area contributed by atoms with E-state index in [1.807, 2.05) is 41.3 Å². The van der Waals surface area contributed by atoms with E-state index in [4.69, 9.17) is 19.9 Å². The van der Waals surface area contributed by atoms with Crippen molar-refractivity contribution in [3.63, 3.8) is 0 Å². The van der Waals surface area contributed by atoms with Gasteiger partial charge < -0.3 is 62.3 Å². The summed E-state index contributed by atoms with van der Waals surface area (Å²) in [5, 5.41) is 31.7. The first-order valence-electron chi connectivity index (χ1n) is 26.2. The van der Waals surface area contributed by atoms with Crippen LogP contribution < -0.4 is 53.0 Å². The van der Waals surface area contributed by atoms with E-state index in [1.165, 1.54) is 12.1 Å². The Bertz CT molecular complexity index is 2600. The van der Waals surface area contributed by atoms with Gasteiger partial charge in [-0.05, 0) is 104 Å². The van der Waals surface area contributed by atoms with Crippen LogP contribution in [0.5, 0.6) is 11.5 Å². The van der Waals surface area contributed by atoms with Crippen LogP contribution in [0, 0.1) is 0 Å². The molecule has 0 radical (unpaired) electrons. The Balaban J connectivity index is 1.07. The highest BCUT2D eigenvalue weighted by molar-refractivity contribution is 5.95. The van der Waals surface area contributed by atoms with Gasteiger partial charge in [-0.3, -0.25) is 39.2 Å². The number of hydrogen-bond donors (Lipinski definition) is 10. The molecule has 4 aromatic carbocycles. The SMILES string of the molecule is CCC(=O)NCCNC(=O)NC(N)=NCCC[C@@H](NC(=O)[C@H](c1ccc(OCCCNC(=O)CCOCCNC(=O)c2ccc(CNC(=O)OC(C)(C)C)cc2)cc1)N1Cc2ccccc2C1)C(=O)NCc1ccc(O)cc1. The summed E-state index contributed by atoms with van der Waals surface area (Å²) in [5.41, 5.74) is 10.2. The number of alkyl carbamates (subject to hydrolysis) is 1. The number of rotatable bonds is 29. The minimum absolute atomic E-state index is 0.0890. The van der Waals surface area contributed by atoms with E-state index >= 15 is 0 Å². The maximum absolute atomic E-state index is 14.6. The molecule has 5 rings (SSSR count). The van der Waals surface area contributed by atoms with Crippen LogP contribution in [0.15, 0.2) is 102 Å². The van der Waals surface area contributed by atoms with Crippen molar-refractivity contribution in [1.29, 1.82) is 0 Å². The van der Waals surface area contributed by atoms with Crippen LogP contribution in [0.1, 0.15) is 104 Å². The fourth-order valence-corrected chi connectivity index (χ4v) is 7.91. The molecule has 11 N–H and O–H groups in total. The van der Waals surface area contributed by atoms with Gasteiger partial charge in [0.2, 0.25) is 23.6 Å². The predicted octanol–water partition coefficient (Wildman–Crippen LogP) is 3.92. The van der Waals surface area contributed by atoms with Gasteiger partial charge in [-0.2, -0.15) is 0 Å². The normalized spacial score (nSPS) is 12.9. The Morgan fingerprint density at radius 3 is 2.00 bits per heavy atom. The molecule has 0 bridgehead atoms. The number of nitrogens with one attached hydrogen (secondary N) is 8. The zero-order chi connectivity index (χ0) is 56.3. The molecule has 4 aromatic rings. The van der Waals surface area contributed by atoms with Gasteiger partial charge in [-0.15, -0.1) is 0 Å². The summed E-state index contributed by atoms with van der Waals surface area (Å²) in [6.07, 6.45) is 0.978. The average molecular weight is 1080 g/mol. The zero-order valence-electron chi connectivity index (χ0n) is 44.9. The number of nitrogens with two attached hydrogens (primary N) is 1. The van der Waals surface area contributed by atoms with Crippen molar-refractivity contribution in [1.82, 2.24) is 47.4 Å². The molecular formula is C56H75N11O11. The molecule has 1 aliphatic heterocycles. The van der Waals surface area contributed by atoms with Crippen molar-refractivity contribution >= 4 is 47.6 Å². The van der Waals surface area contributed by atoms with Crippen LogP contribution in [-0.4, -0.2) is 122 Å². The first-order valence-corrected chi connectivity index (χ1v) is 26.2. The van der Waals surface area contributed by atoms with Crippen molar-refractivity contribution in [3.8, 4) is 11.5 Å². The van der Waals surface area contributed by atoms with Crippen molar-refractivity contribution in [2.45, 2.75) is 104 Å². The lowest BCUT2D eigenvalue weighted by Crippen LogP contribution is -2.50. The van der Waals surface area contributed by atoms with Crippen LogP contribution in [0.3, 0.4) is 0 Å². The molecule has 22 heteroatoms. The molecule has 1 aliphatic rings. The fourth-order valence-electron chi connectivity index (χ4n) is 7.91. The number of carbonyl (C=O) groups is 7. The van der Waals surface area contributed by atoms with Crippen LogP contribution in [-0.2, 0) is 54.8 Å². The Morgan fingerprint density at radius 1 is 0.692 bits per heavy atom. The predicted molar refractivity (Wildman–Crippen MR) is 293 cm³/mol. The molecule has 2 atom stereocenters. The fraction of sp³-hybridized carbons (Fsp3) is 0.429. The van der Waals surface area contributed by atoms with Crippen molar-refractivity contribution in [3.05, 3.63) is 130 Å². The highest BCUT2D eigenvalue weighted by atomic mass is 16.6. The second-order valence-corrected chi connectivity index (χ2v) is 19.3. The molecule has 0 aliphatic carbocycles. The number of hydrogen-bond acceptors (Lipinski definition) is 13. The van der Waals surface area contributed by atoms with Gasteiger partial charge in [0, 0.05) is 77.3 Å². The van der Waals surface area contributed by atoms with Crippen molar-refractivity contribution < 1.29 is 52.9 Å². The standard InChI is InChI=1S/C56H75N11O11/c1-5-47(69)59-28-29-62-54(74)66-53(57)61-26-8-12-46(51(72)63-34-39-15-21-44(68)22-16-39)65-52(73)49(67-36-42-10-6-7-11-43(42)37-67)40-19-23-45(24-20-40)77-31-9-27-58-48(70)25-32-76-33-30-60-50(71)41-17-13-38(14-18-41)35-64-55(75)78-56(2,3)4/h6-7,10-11,13-24,46,49,68H,5,8-9,12,25-37H2,1-4H3,(H,58,70)(H,59,69)(H,60,71)(H,63,72)(H,64,75)(H,65,73)(H4,57,61,62,66,74)/t46-,49+/m1/s1. The zero-order valence-corrected chi connectivity index (χ0v) is 44.9. The largest absolute Gasteiger partial charge is 0.508 e. The number of guanidine groups is 1. The molecule has 0 aromatic heterocycles. The second kappa shape index (κ2) is 31.7. The number of benzene rings is 4. The van der Waals surface area contributed by atoms with Crippen LogP contribution in [0.25, 0.3) is 0 Å². The summed E-state index contributed by atoms with van der Waals surface area (Å²) in [6, 6.07) is 26.1. The number of amides is 8. The second-order valence-electron chi connectivity index (χ2n) is 19.3. The lowest BCUT2D eigenvalue weighted by molar-refractivity contribution is -0.132. The Kier molecular flexibility index (Phi) is 24.7. The van der Waals surface area contributed by atoms with Crippen molar-refractivity contribution in [2.75, 3.05) is 52.5 Å². The summed E-state index contributed by atoms with van der Waals surface area (Å²) in [4.78, 5) is 95.3. The third kappa shape index (κ3) is 22.2. The van der Waals surface area contributed by atoms with Crippen LogP contribution in [0.2, 0.25) is 0 Å². The monoisotopic (exact) mass is 1080 g/mol. The number of fused-ring (bicyclic) bond motifs is 1. The average Bonchev–Trinajstić information content (AvgIpc) is 3.85. The molecule has 0 saturated heterocycles. The summed E-state index contributed by atoms with van der Waals surface area (Å²) < 4.78 is 16.8. The first-order chi connectivity index (χ1) is 37.5. The highest BCUT2D eigenvalue weighted by Crippen LogP contribution is 2.33. The van der Waals surface area contributed by atoms with Crippen LogP contribution >= 0.6 is 0 Å². The number of phenolic OH excluding ortho intramolecular Hbond substituents is 1. The summed E-state index contributed by atoms with van der Waals surface area (Å²) >= 11 is 0. The van der Waals surface area contributed by atoms with E-state index in [-0.39, 0.29) is 94.8 Å². The number of ether oxygens (including phenoxy) is 3. The molecule has 0 unspecified atom stereocenters. The van der Waals surface area contributed by atoms with Gasteiger partial charge >= 0.3 is 12.1 Å². The smallest absolute Gasteiger partial charge is 0.407 e. The molecule has 78 heavy (non-hydrogen) atoms. The summed E-state index contributed by atoms with van der Waals surface area (Å²) in [7, 11) is 0. The quantitative estimate of drug-likeness (QED) is 0.0210. The molecule has 0 fully saturated rings. The number of urea groups is 1. The Morgan fingerprint density at radius 2 is 1.33 bits per heavy atom. The summed E-state index contributed by atoms with van der Waals surface area (Å²) in [5.74, 6) is -0.894. The van der Waals surface area contributed by atoms with E-state index in [0.717, 1.165) is 22.3 Å². The molecular weight excluding hydrogens is 1000 g/mol. The van der Waals surface area contributed by atoms with Gasteiger partial charge in [0.15, 0.2) is 5.96 Å². The van der Waals surface area contributed by atoms with Gasteiger partial charge in [0.25, 0.3) is 5.91 Å². The van der Waals surface area contributed by atoms with E-state index in [0.29, 0.717) is 62.4 Å². The molecule has 0 spiro atoms. The highest BCUT2D eigenvalue weighted by Gasteiger charge is 2.34. The van der Waals surface area contributed by atoms with Gasteiger partial charge in [-0.1, -0.05) is 67.6 Å². The number of aliphatic imine (C=N–C) groups is 1. The maximum atomic E-state index is 14.6. The van der Waals surface area contributed by atoms with E-state index < -0.39 is 41.6 Å². The molecule has 1 heterocycles. The third-order valence-corrected chi connectivity index (χ3v) is 11.9. The lowest BCUT2D eigenvalue weighted by Gasteiger charge is -2.29. The topological polar surface area (TPSA) is 305 Å². The number of nitrogens with zero attached hydrogens (tertiary/aromatic N) is 2. The minimum atomic E-state index is -0.982. The summed E-state index contributed by atoms with van der Waals surface area (Å²) in [6.45, 7) is 10.4. The van der Waals surface area contributed by atoms with Gasteiger partial charge in [0.05, 0.1) is 19.8 Å². The van der Waals surface area contributed by atoms with Crippen molar-refractivity contribution in [2.24, 2.45) is 10.7 Å². The molecule has 0 saturated carbocycles. The number of phenols is 1. The molecule has 22 nitrogen and oxygen atoms in total. The first kappa shape index (κ1) is 60.6. The molecule has 420 valence electrons. The number of carbonyl (C=O) groups excluding carboxylic acids is 7. The lowest BCUT2D eigenvalue weighted by atomic mass is 10.0. The number of aromatic hydroxyl groups is 1. The van der Waals surface area contributed by atoms with Gasteiger partial charge in [0.1, 0.15) is 29.2 Å². The van der Waals surface area contributed by atoms with E-state index in [1.54, 1.807) is 76.2 Å². The van der Waals surface area contributed by atoms with E-state index in [9.17, 15) is 38.7 Å².